The molecule has 2 aliphatic heterocycles. The first kappa shape index (κ1) is 15.3. The first-order valence-electron chi connectivity index (χ1n) is 8.03. The third kappa shape index (κ3) is 3.78. The predicted octanol–water partition coefficient (Wildman–Crippen LogP) is 0.338. The zero-order chi connectivity index (χ0) is 15.2. The standard InChI is InChI=1S/C15H25N5O2/c1-16-15(17-6-8-20-7-3-5-18-20)19-9-11-22-14(12-19)13-4-2-10-21-13/h3,5,7,13-14H,2,4,6,8-12H2,1H3,(H,16,17). The Kier molecular flexibility index (Phi) is 5.29. The van der Waals surface area contributed by atoms with E-state index < -0.39 is 0 Å². The van der Waals surface area contributed by atoms with Gasteiger partial charge in [-0.2, -0.15) is 5.10 Å². The van der Waals surface area contributed by atoms with E-state index in [1.807, 2.05) is 24.0 Å². The molecule has 7 nitrogen and oxygen atoms in total. The molecular formula is C15H25N5O2. The first-order valence-corrected chi connectivity index (χ1v) is 8.03. The molecule has 2 saturated heterocycles. The van der Waals surface area contributed by atoms with Gasteiger partial charge in [0.2, 0.25) is 0 Å². The second-order valence-corrected chi connectivity index (χ2v) is 5.65. The summed E-state index contributed by atoms with van der Waals surface area (Å²) in [5.74, 6) is 0.929. The van der Waals surface area contributed by atoms with Crippen molar-refractivity contribution in [3.8, 4) is 0 Å². The highest BCUT2D eigenvalue weighted by atomic mass is 16.5. The van der Waals surface area contributed by atoms with Crippen molar-refractivity contribution in [2.24, 2.45) is 4.99 Å². The number of morpholine rings is 1. The first-order chi connectivity index (χ1) is 10.9. The lowest BCUT2D eigenvalue weighted by atomic mass is 10.1. The lowest BCUT2D eigenvalue weighted by Gasteiger charge is -2.37. The molecule has 0 aromatic carbocycles. The van der Waals surface area contributed by atoms with Crippen LogP contribution >= 0.6 is 0 Å². The summed E-state index contributed by atoms with van der Waals surface area (Å²) >= 11 is 0. The highest BCUT2D eigenvalue weighted by Gasteiger charge is 2.32. The van der Waals surface area contributed by atoms with Crippen molar-refractivity contribution in [2.75, 3.05) is 39.9 Å². The number of aromatic nitrogens is 2. The molecule has 3 heterocycles. The third-order valence-electron chi connectivity index (χ3n) is 4.17. The van der Waals surface area contributed by atoms with Crippen LogP contribution in [0.2, 0.25) is 0 Å². The molecule has 2 aliphatic rings. The zero-order valence-electron chi connectivity index (χ0n) is 13.1. The van der Waals surface area contributed by atoms with Crippen molar-refractivity contribution >= 4 is 5.96 Å². The fraction of sp³-hybridized carbons (Fsp3) is 0.733. The fourth-order valence-corrected chi connectivity index (χ4v) is 3.04. The summed E-state index contributed by atoms with van der Waals surface area (Å²) in [5, 5.41) is 7.61. The molecule has 0 aliphatic carbocycles. The molecule has 2 atom stereocenters. The molecule has 7 heteroatoms. The number of hydrogen-bond acceptors (Lipinski definition) is 4. The molecule has 122 valence electrons. The van der Waals surface area contributed by atoms with E-state index in [0.717, 1.165) is 58.2 Å². The van der Waals surface area contributed by atoms with E-state index in [4.69, 9.17) is 9.47 Å². The van der Waals surface area contributed by atoms with Gasteiger partial charge in [0.05, 0.1) is 19.3 Å². The van der Waals surface area contributed by atoms with Crippen LogP contribution in [0.5, 0.6) is 0 Å². The Morgan fingerprint density at radius 3 is 3.00 bits per heavy atom. The number of hydrogen-bond donors (Lipinski definition) is 1. The number of nitrogens with zero attached hydrogens (tertiary/aromatic N) is 4. The lowest BCUT2D eigenvalue weighted by Crippen LogP contribution is -2.53. The minimum absolute atomic E-state index is 0.154. The van der Waals surface area contributed by atoms with Crippen LogP contribution in [-0.2, 0) is 16.0 Å². The average Bonchev–Trinajstić information content (AvgIpc) is 3.25. The molecule has 22 heavy (non-hydrogen) atoms. The topological polar surface area (TPSA) is 63.9 Å². The van der Waals surface area contributed by atoms with Crippen LogP contribution in [-0.4, -0.2) is 72.7 Å². The minimum atomic E-state index is 0.154. The van der Waals surface area contributed by atoms with E-state index in [9.17, 15) is 0 Å². The predicted molar refractivity (Wildman–Crippen MR) is 83.9 cm³/mol. The van der Waals surface area contributed by atoms with Crippen molar-refractivity contribution in [1.82, 2.24) is 20.0 Å². The van der Waals surface area contributed by atoms with Crippen molar-refractivity contribution in [3.63, 3.8) is 0 Å². The smallest absolute Gasteiger partial charge is 0.193 e. The van der Waals surface area contributed by atoms with E-state index in [1.165, 1.54) is 0 Å². The van der Waals surface area contributed by atoms with Gasteiger partial charge in [0.15, 0.2) is 5.96 Å². The van der Waals surface area contributed by atoms with E-state index in [1.54, 1.807) is 6.20 Å². The molecule has 0 radical (unpaired) electrons. The van der Waals surface area contributed by atoms with Gasteiger partial charge in [0.1, 0.15) is 6.10 Å². The van der Waals surface area contributed by atoms with Crippen molar-refractivity contribution in [1.29, 1.82) is 0 Å². The minimum Gasteiger partial charge on any atom is -0.375 e. The Morgan fingerprint density at radius 1 is 1.36 bits per heavy atom. The maximum atomic E-state index is 5.89. The molecule has 1 aromatic heterocycles. The molecular weight excluding hydrogens is 282 g/mol. The highest BCUT2D eigenvalue weighted by Crippen LogP contribution is 2.20. The summed E-state index contributed by atoms with van der Waals surface area (Å²) in [5.41, 5.74) is 0. The van der Waals surface area contributed by atoms with E-state index in [0.29, 0.717) is 0 Å². The summed E-state index contributed by atoms with van der Waals surface area (Å²) in [4.78, 5) is 6.66. The Bertz CT molecular complexity index is 470. The summed E-state index contributed by atoms with van der Waals surface area (Å²) < 4.78 is 13.6. The number of nitrogens with one attached hydrogen (secondary N) is 1. The third-order valence-corrected chi connectivity index (χ3v) is 4.17. The van der Waals surface area contributed by atoms with Crippen molar-refractivity contribution in [2.45, 2.75) is 31.6 Å². The second kappa shape index (κ2) is 7.60. The monoisotopic (exact) mass is 307 g/mol. The van der Waals surface area contributed by atoms with Gasteiger partial charge in [-0.3, -0.25) is 9.67 Å². The van der Waals surface area contributed by atoms with Gasteiger partial charge in [-0.1, -0.05) is 0 Å². The Balaban J connectivity index is 1.49. The van der Waals surface area contributed by atoms with Crippen LogP contribution in [0.3, 0.4) is 0 Å². The van der Waals surface area contributed by atoms with Gasteiger partial charge < -0.3 is 19.7 Å². The van der Waals surface area contributed by atoms with Gasteiger partial charge in [0, 0.05) is 45.7 Å². The van der Waals surface area contributed by atoms with Crippen LogP contribution in [0, 0.1) is 0 Å². The van der Waals surface area contributed by atoms with Gasteiger partial charge in [0.25, 0.3) is 0 Å². The van der Waals surface area contributed by atoms with Crippen LogP contribution in [0.25, 0.3) is 0 Å². The Hall–Kier alpha value is -1.60. The van der Waals surface area contributed by atoms with E-state index in [2.05, 4.69) is 20.3 Å². The van der Waals surface area contributed by atoms with Crippen molar-refractivity contribution < 1.29 is 9.47 Å². The van der Waals surface area contributed by atoms with E-state index >= 15 is 0 Å². The van der Waals surface area contributed by atoms with Crippen LogP contribution in [0.1, 0.15) is 12.8 Å². The molecule has 0 amide bonds. The highest BCUT2D eigenvalue weighted by molar-refractivity contribution is 5.80. The Labute approximate surface area is 131 Å². The zero-order valence-corrected chi connectivity index (χ0v) is 13.1. The number of guanidine groups is 1. The second-order valence-electron chi connectivity index (χ2n) is 5.65. The number of ether oxygens (including phenoxy) is 2. The molecule has 1 N–H and O–H groups in total. The summed E-state index contributed by atoms with van der Waals surface area (Å²) in [6.07, 6.45) is 6.40. The molecule has 1 aromatic rings. The lowest BCUT2D eigenvalue weighted by molar-refractivity contribution is -0.0816. The molecule has 0 spiro atoms. The maximum absolute atomic E-state index is 5.89. The van der Waals surface area contributed by atoms with Crippen LogP contribution in [0.15, 0.2) is 23.5 Å². The van der Waals surface area contributed by atoms with Gasteiger partial charge in [-0.15, -0.1) is 0 Å². The Morgan fingerprint density at radius 2 is 2.27 bits per heavy atom. The van der Waals surface area contributed by atoms with Crippen LogP contribution < -0.4 is 5.32 Å². The number of rotatable bonds is 4. The SMILES string of the molecule is CN=C(NCCn1cccn1)N1CCOC(C2CCCO2)C1. The molecule has 2 unspecified atom stereocenters. The van der Waals surface area contributed by atoms with Crippen molar-refractivity contribution in [3.05, 3.63) is 18.5 Å². The summed E-state index contributed by atoms with van der Waals surface area (Å²) in [6, 6.07) is 1.93. The van der Waals surface area contributed by atoms with Crippen LogP contribution in [0.4, 0.5) is 0 Å². The number of aliphatic imine (C=N–C) groups is 1. The normalized spacial score (nSPS) is 26.4. The fourth-order valence-electron chi connectivity index (χ4n) is 3.04. The average molecular weight is 307 g/mol. The molecule has 3 rings (SSSR count). The molecule has 0 saturated carbocycles. The summed E-state index contributed by atoms with van der Waals surface area (Å²) in [6.45, 7) is 4.92. The van der Waals surface area contributed by atoms with Gasteiger partial charge >= 0.3 is 0 Å². The van der Waals surface area contributed by atoms with Gasteiger partial charge in [-0.25, -0.2) is 0 Å². The quantitative estimate of drug-likeness (QED) is 0.642. The van der Waals surface area contributed by atoms with Gasteiger partial charge in [-0.05, 0) is 18.9 Å². The van der Waals surface area contributed by atoms with E-state index in [-0.39, 0.29) is 12.2 Å². The summed E-state index contributed by atoms with van der Waals surface area (Å²) in [7, 11) is 1.83. The molecule has 2 fully saturated rings. The maximum Gasteiger partial charge on any atom is 0.193 e. The largest absolute Gasteiger partial charge is 0.375 e. The molecule has 0 bridgehead atoms.